The van der Waals surface area contributed by atoms with Crippen LogP contribution in [0, 0.1) is 0 Å². The zero-order valence-corrected chi connectivity index (χ0v) is 15.2. The van der Waals surface area contributed by atoms with Crippen LogP contribution in [0.25, 0.3) is 0 Å². The number of carboxylic acids is 1. The first-order chi connectivity index (χ1) is 11.7. The Balaban J connectivity index is 1.90. The number of ether oxygens (including phenoxy) is 1. The molecule has 0 heterocycles. The van der Waals surface area contributed by atoms with Gasteiger partial charge in [0.05, 0.1) is 12.6 Å². The average molecular weight is 333 g/mol. The predicted molar refractivity (Wildman–Crippen MR) is 97.3 cm³/mol. The quantitative estimate of drug-likeness (QED) is 0.418. The number of benzene rings is 1. The van der Waals surface area contributed by atoms with Crippen LogP contribution in [-0.2, 0) is 0 Å². The molecule has 0 aromatic heterocycles. The Morgan fingerprint density at radius 2 is 1.42 bits per heavy atom. The normalized spacial score (nSPS) is 10.7. The van der Waals surface area contributed by atoms with Gasteiger partial charge in [0, 0.05) is 5.56 Å². The minimum Gasteiger partial charge on any atom is -0.545 e. The van der Waals surface area contributed by atoms with Crippen LogP contribution in [0.2, 0.25) is 0 Å². The van der Waals surface area contributed by atoms with E-state index in [-0.39, 0.29) is 5.56 Å². The van der Waals surface area contributed by atoms with Crippen LogP contribution >= 0.6 is 0 Å². The standard InChI is InChI=1S/C21H34O3/c1-2-3-4-5-6-7-8-9-10-11-12-13-17-24-20-16-14-15-19(18-20)21(22)23/h14-16,18H,2-13,17H2,1H3,(H,22,23)/p-1. The maximum absolute atomic E-state index is 10.8. The largest absolute Gasteiger partial charge is 0.545 e. The van der Waals surface area contributed by atoms with Gasteiger partial charge in [-0.2, -0.15) is 0 Å². The van der Waals surface area contributed by atoms with E-state index >= 15 is 0 Å². The number of hydrogen-bond donors (Lipinski definition) is 0. The van der Waals surface area contributed by atoms with Crippen molar-refractivity contribution in [2.75, 3.05) is 6.61 Å². The van der Waals surface area contributed by atoms with Crippen LogP contribution in [0.1, 0.15) is 94.3 Å². The van der Waals surface area contributed by atoms with E-state index in [1.807, 2.05) is 0 Å². The summed E-state index contributed by atoms with van der Waals surface area (Å²) in [5, 5.41) is 10.8. The number of aromatic carboxylic acids is 1. The Hall–Kier alpha value is -1.51. The van der Waals surface area contributed by atoms with Gasteiger partial charge in [-0.05, 0) is 18.6 Å². The summed E-state index contributed by atoms with van der Waals surface area (Å²) in [5.74, 6) is -0.550. The van der Waals surface area contributed by atoms with E-state index in [4.69, 9.17) is 4.74 Å². The number of carboxylic acid groups (broad SMARTS) is 1. The zero-order chi connectivity index (χ0) is 17.5. The Morgan fingerprint density at radius 1 is 0.875 bits per heavy atom. The van der Waals surface area contributed by atoms with E-state index in [0.717, 1.165) is 6.42 Å². The van der Waals surface area contributed by atoms with Crippen LogP contribution < -0.4 is 9.84 Å². The van der Waals surface area contributed by atoms with E-state index in [1.54, 1.807) is 12.1 Å². The lowest BCUT2D eigenvalue weighted by atomic mass is 10.1. The molecule has 0 N–H and O–H groups in total. The molecule has 0 spiro atoms. The number of rotatable bonds is 15. The molecular weight excluding hydrogens is 300 g/mol. The molecular formula is C21H33O3-. The minimum atomic E-state index is -1.16. The van der Waals surface area contributed by atoms with Crippen molar-refractivity contribution >= 4 is 5.97 Å². The van der Waals surface area contributed by atoms with E-state index in [0.29, 0.717) is 12.4 Å². The molecule has 1 aromatic rings. The van der Waals surface area contributed by atoms with Gasteiger partial charge in [0.15, 0.2) is 0 Å². The Bertz CT molecular complexity index is 442. The van der Waals surface area contributed by atoms with Gasteiger partial charge >= 0.3 is 0 Å². The lowest BCUT2D eigenvalue weighted by molar-refractivity contribution is -0.255. The second-order valence-corrected chi connectivity index (χ2v) is 6.55. The lowest BCUT2D eigenvalue weighted by Crippen LogP contribution is -2.22. The highest BCUT2D eigenvalue weighted by atomic mass is 16.5. The Morgan fingerprint density at radius 3 is 1.96 bits per heavy atom. The van der Waals surface area contributed by atoms with Crippen molar-refractivity contribution in [3.8, 4) is 5.75 Å². The highest BCUT2D eigenvalue weighted by Gasteiger charge is 1.98. The Kier molecular flexibility index (Phi) is 11.9. The fraction of sp³-hybridized carbons (Fsp3) is 0.667. The first-order valence-corrected chi connectivity index (χ1v) is 9.68. The van der Waals surface area contributed by atoms with Gasteiger partial charge in [0.25, 0.3) is 0 Å². The molecule has 0 radical (unpaired) electrons. The maximum Gasteiger partial charge on any atom is 0.119 e. The van der Waals surface area contributed by atoms with Gasteiger partial charge in [0.1, 0.15) is 5.75 Å². The van der Waals surface area contributed by atoms with Gasteiger partial charge in [-0.15, -0.1) is 0 Å². The lowest BCUT2D eigenvalue weighted by Gasteiger charge is -2.08. The first kappa shape index (κ1) is 20.5. The highest BCUT2D eigenvalue weighted by molar-refractivity contribution is 5.86. The molecule has 0 amide bonds. The summed E-state index contributed by atoms with van der Waals surface area (Å²) in [6, 6.07) is 6.51. The van der Waals surface area contributed by atoms with Crippen molar-refractivity contribution in [2.24, 2.45) is 0 Å². The predicted octanol–water partition coefficient (Wildman–Crippen LogP) is 5.13. The van der Waals surface area contributed by atoms with E-state index in [9.17, 15) is 9.90 Å². The smallest absolute Gasteiger partial charge is 0.119 e. The van der Waals surface area contributed by atoms with E-state index < -0.39 is 5.97 Å². The van der Waals surface area contributed by atoms with Crippen molar-refractivity contribution < 1.29 is 14.6 Å². The van der Waals surface area contributed by atoms with Gasteiger partial charge in [-0.3, -0.25) is 0 Å². The first-order valence-electron chi connectivity index (χ1n) is 9.68. The molecule has 0 saturated heterocycles. The van der Waals surface area contributed by atoms with Crippen LogP contribution in [-0.4, -0.2) is 12.6 Å². The third kappa shape index (κ3) is 10.3. The molecule has 0 atom stereocenters. The number of unbranched alkanes of at least 4 members (excludes halogenated alkanes) is 11. The topological polar surface area (TPSA) is 49.4 Å². The molecule has 0 unspecified atom stereocenters. The molecule has 0 fully saturated rings. The summed E-state index contributed by atoms with van der Waals surface area (Å²) in [6.07, 6.45) is 15.8. The SMILES string of the molecule is CCCCCCCCCCCCCCOc1cccc(C(=O)[O-])c1. The second-order valence-electron chi connectivity index (χ2n) is 6.55. The van der Waals surface area contributed by atoms with E-state index in [2.05, 4.69) is 6.92 Å². The maximum atomic E-state index is 10.8. The second kappa shape index (κ2) is 13.9. The molecule has 24 heavy (non-hydrogen) atoms. The van der Waals surface area contributed by atoms with Crippen LogP contribution in [0.15, 0.2) is 24.3 Å². The summed E-state index contributed by atoms with van der Waals surface area (Å²) in [5.41, 5.74) is 0.169. The highest BCUT2D eigenvalue weighted by Crippen LogP contribution is 2.15. The van der Waals surface area contributed by atoms with Gasteiger partial charge in [-0.1, -0.05) is 89.7 Å². The van der Waals surface area contributed by atoms with Crippen molar-refractivity contribution in [1.82, 2.24) is 0 Å². The number of carbonyl (C=O) groups excluding carboxylic acids is 1. The van der Waals surface area contributed by atoms with Gasteiger partial charge in [0.2, 0.25) is 0 Å². The van der Waals surface area contributed by atoms with Crippen molar-refractivity contribution in [3.05, 3.63) is 29.8 Å². The van der Waals surface area contributed by atoms with Gasteiger partial charge < -0.3 is 14.6 Å². The Labute approximate surface area is 147 Å². The molecule has 3 nitrogen and oxygen atoms in total. The number of carbonyl (C=O) groups is 1. The third-order valence-electron chi connectivity index (χ3n) is 4.34. The summed E-state index contributed by atoms with van der Waals surface area (Å²) in [6.45, 7) is 2.91. The molecule has 3 heteroatoms. The fourth-order valence-corrected chi connectivity index (χ4v) is 2.85. The van der Waals surface area contributed by atoms with Crippen LogP contribution in [0.4, 0.5) is 0 Å². The minimum absolute atomic E-state index is 0.169. The van der Waals surface area contributed by atoms with Crippen molar-refractivity contribution in [2.45, 2.75) is 84.0 Å². The third-order valence-corrected chi connectivity index (χ3v) is 4.34. The molecule has 1 aromatic carbocycles. The molecule has 0 saturated carbocycles. The van der Waals surface area contributed by atoms with Crippen LogP contribution in [0.3, 0.4) is 0 Å². The van der Waals surface area contributed by atoms with Gasteiger partial charge in [-0.25, -0.2) is 0 Å². The zero-order valence-electron chi connectivity index (χ0n) is 15.2. The summed E-state index contributed by atoms with van der Waals surface area (Å²) >= 11 is 0. The molecule has 136 valence electrons. The molecule has 1 rings (SSSR count). The number of hydrogen-bond acceptors (Lipinski definition) is 3. The van der Waals surface area contributed by atoms with Crippen molar-refractivity contribution in [1.29, 1.82) is 0 Å². The van der Waals surface area contributed by atoms with Crippen molar-refractivity contribution in [3.63, 3.8) is 0 Å². The van der Waals surface area contributed by atoms with Crippen LogP contribution in [0.5, 0.6) is 5.75 Å². The summed E-state index contributed by atoms with van der Waals surface area (Å²) in [4.78, 5) is 10.8. The molecule has 0 aliphatic rings. The average Bonchev–Trinajstić information content (AvgIpc) is 2.59. The molecule has 0 bridgehead atoms. The fourth-order valence-electron chi connectivity index (χ4n) is 2.85. The summed E-state index contributed by atoms with van der Waals surface area (Å²) in [7, 11) is 0. The molecule has 0 aliphatic carbocycles. The molecule has 0 aliphatic heterocycles. The summed E-state index contributed by atoms with van der Waals surface area (Å²) < 4.78 is 5.60. The van der Waals surface area contributed by atoms with E-state index in [1.165, 1.54) is 82.8 Å². The monoisotopic (exact) mass is 333 g/mol.